The third-order valence-corrected chi connectivity index (χ3v) is 3.22. The molecule has 0 unspecified atom stereocenters. The smallest absolute Gasteiger partial charge is 0.241 e. The molecule has 0 bridgehead atoms. The Bertz CT molecular complexity index is 389. The minimum atomic E-state index is 0.106. The van der Waals surface area contributed by atoms with Crippen molar-refractivity contribution in [3.63, 3.8) is 0 Å². The molecule has 1 aromatic carbocycles. The van der Waals surface area contributed by atoms with Crippen LogP contribution in [-0.2, 0) is 4.79 Å². The molecule has 0 aromatic heterocycles. The summed E-state index contributed by atoms with van der Waals surface area (Å²) in [7, 11) is 0. The Labute approximate surface area is 108 Å². The molecular formula is C13H19ClN2O. The highest BCUT2D eigenvalue weighted by molar-refractivity contribution is 6.31. The SMILES string of the molecule is CCN(CC)C(=O)CNc1cccc(Cl)c1C. The van der Waals surface area contributed by atoms with E-state index in [2.05, 4.69) is 5.32 Å². The second-order valence-corrected chi connectivity index (χ2v) is 4.24. The Hall–Kier alpha value is -1.22. The summed E-state index contributed by atoms with van der Waals surface area (Å²) in [5, 5.41) is 3.84. The molecule has 1 rings (SSSR count). The number of hydrogen-bond acceptors (Lipinski definition) is 2. The zero-order chi connectivity index (χ0) is 12.8. The summed E-state index contributed by atoms with van der Waals surface area (Å²) in [6, 6.07) is 5.64. The topological polar surface area (TPSA) is 32.3 Å². The van der Waals surface area contributed by atoms with Crippen molar-refractivity contribution in [1.29, 1.82) is 0 Å². The van der Waals surface area contributed by atoms with Crippen molar-refractivity contribution in [2.45, 2.75) is 20.8 Å². The van der Waals surface area contributed by atoms with Crippen molar-refractivity contribution in [3.05, 3.63) is 28.8 Å². The number of rotatable bonds is 5. The Morgan fingerprint density at radius 3 is 2.59 bits per heavy atom. The fraction of sp³-hybridized carbons (Fsp3) is 0.462. The molecule has 0 radical (unpaired) electrons. The maximum absolute atomic E-state index is 11.8. The normalized spacial score (nSPS) is 10.1. The third-order valence-electron chi connectivity index (χ3n) is 2.81. The molecule has 0 aliphatic rings. The zero-order valence-corrected chi connectivity index (χ0v) is 11.3. The van der Waals surface area contributed by atoms with Gasteiger partial charge in [-0.3, -0.25) is 4.79 Å². The van der Waals surface area contributed by atoms with Crippen molar-refractivity contribution in [2.75, 3.05) is 25.0 Å². The summed E-state index contributed by atoms with van der Waals surface area (Å²) < 4.78 is 0. The molecule has 94 valence electrons. The van der Waals surface area contributed by atoms with Crippen LogP contribution in [0, 0.1) is 6.92 Å². The number of nitrogens with one attached hydrogen (secondary N) is 1. The average Bonchev–Trinajstić information content (AvgIpc) is 2.32. The number of hydrogen-bond donors (Lipinski definition) is 1. The first-order chi connectivity index (χ1) is 8.10. The Kier molecular flexibility index (Phi) is 5.29. The average molecular weight is 255 g/mol. The third kappa shape index (κ3) is 3.63. The molecule has 4 heteroatoms. The van der Waals surface area contributed by atoms with Gasteiger partial charge in [-0.2, -0.15) is 0 Å². The lowest BCUT2D eigenvalue weighted by Gasteiger charge is -2.19. The van der Waals surface area contributed by atoms with Crippen LogP contribution in [0.15, 0.2) is 18.2 Å². The first kappa shape index (κ1) is 13.8. The number of nitrogens with zero attached hydrogens (tertiary/aromatic N) is 1. The Morgan fingerprint density at radius 1 is 1.35 bits per heavy atom. The summed E-state index contributed by atoms with van der Waals surface area (Å²) in [5.74, 6) is 0.106. The van der Waals surface area contributed by atoms with Gasteiger partial charge in [-0.25, -0.2) is 0 Å². The summed E-state index contributed by atoms with van der Waals surface area (Å²) in [6.45, 7) is 7.69. The lowest BCUT2D eigenvalue weighted by Crippen LogP contribution is -2.35. The number of amides is 1. The monoisotopic (exact) mass is 254 g/mol. The summed E-state index contributed by atoms with van der Waals surface area (Å²) in [5.41, 5.74) is 1.89. The van der Waals surface area contributed by atoms with Gasteiger partial charge in [0.15, 0.2) is 0 Å². The highest BCUT2D eigenvalue weighted by atomic mass is 35.5. The quantitative estimate of drug-likeness (QED) is 0.876. The van der Waals surface area contributed by atoms with Crippen LogP contribution in [0.1, 0.15) is 19.4 Å². The molecule has 1 amide bonds. The van der Waals surface area contributed by atoms with E-state index in [0.717, 1.165) is 24.3 Å². The van der Waals surface area contributed by atoms with Crippen molar-refractivity contribution in [1.82, 2.24) is 4.90 Å². The van der Waals surface area contributed by atoms with E-state index in [0.29, 0.717) is 11.6 Å². The number of carbonyl (C=O) groups is 1. The van der Waals surface area contributed by atoms with E-state index in [-0.39, 0.29) is 5.91 Å². The van der Waals surface area contributed by atoms with Crippen LogP contribution in [0.2, 0.25) is 5.02 Å². The second kappa shape index (κ2) is 6.50. The van der Waals surface area contributed by atoms with Crippen molar-refractivity contribution in [3.8, 4) is 0 Å². The molecule has 17 heavy (non-hydrogen) atoms. The van der Waals surface area contributed by atoms with Crippen LogP contribution in [0.4, 0.5) is 5.69 Å². The summed E-state index contributed by atoms with van der Waals surface area (Å²) in [6.07, 6.45) is 0. The van der Waals surface area contributed by atoms with Crippen LogP contribution in [0.25, 0.3) is 0 Å². The number of anilines is 1. The van der Waals surface area contributed by atoms with Crippen LogP contribution in [0.3, 0.4) is 0 Å². The molecule has 0 fully saturated rings. The molecule has 0 aliphatic carbocycles. The molecule has 0 aliphatic heterocycles. The van der Waals surface area contributed by atoms with Crippen LogP contribution >= 0.6 is 11.6 Å². The van der Waals surface area contributed by atoms with E-state index >= 15 is 0 Å². The van der Waals surface area contributed by atoms with Gasteiger partial charge in [-0.05, 0) is 38.5 Å². The number of likely N-dealkylation sites (N-methyl/N-ethyl adjacent to an activating group) is 1. The Morgan fingerprint density at radius 2 is 2.00 bits per heavy atom. The van der Waals surface area contributed by atoms with Crippen LogP contribution in [0.5, 0.6) is 0 Å². The van der Waals surface area contributed by atoms with E-state index in [1.165, 1.54) is 0 Å². The standard InChI is InChI=1S/C13H19ClN2O/c1-4-16(5-2)13(17)9-15-12-8-6-7-11(14)10(12)3/h6-8,15H,4-5,9H2,1-3H3. The van der Waals surface area contributed by atoms with E-state index in [9.17, 15) is 4.79 Å². The highest BCUT2D eigenvalue weighted by Gasteiger charge is 2.09. The fourth-order valence-corrected chi connectivity index (χ4v) is 1.83. The van der Waals surface area contributed by atoms with Crippen molar-refractivity contribution >= 4 is 23.2 Å². The molecule has 0 atom stereocenters. The van der Waals surface area contributed by atoms with E-state index in [4.69, 9.17) is 11.6 Å². The van der Waals surface area contributed by atoms with Gasteiger partial charge in [0, 0.05) is 23.8 Å². The van der Waals surface area contributed by atoms with E-state index in [1.54, 1.807) is 4.90 Å². The van der Waals surface area contributed by atoms with E-state index < -0.39 is 0 Å². The van der Waals surface area contributed by atoms with Gasteiger partial charge in [-0.1, -0.05) is 17.7 Å². The molecule has 1 N–H and O–H groups in total. The zero-order valence-electron chi connectivity index (χ0n) is 10.6. The van der Waals surface area contributed by atoms with E-state index in [1.807, 2.05) is 39.0 Å². The van der Waals surface area contributed by atoms with Crippen molar-refractivity contribution < 1.29 is 4.79 Å². The van der Waals surface area contributed by atoms with Gasteiger partial charge in [0.1, 0.15) is 0 Å². The maximum Gasteiger partial charge on any atom is 0.241 e. The summed E-state index contributed by atoms with van der Waals surface area (Å²) in [4.78, 5) is 13.6. The molecule has 0 spiro atoms. The minimum absolute atomic E-state index is 0.106. The molecule has 0 heterocycles. The van der Waals surface area contributed by atoms with Gasteiger partial charge in [-0.15, -0.1) is 0 Å². The van der Waals surface area contributed by atoms with Gasteiger partial charge in [0.25, 0.3) is 0 Å². The lowest BCUT2D eigenvalue weighted by atomic mass is 10.2. The molecule has 1 aromatic rings. The predicted molar refractivity (Wildman–Crippen MR) is 72.6 cm³/mol. The number of halogens is 1. The Balaban J connectivity index is 2.61. The van der Waals surface area contributed by atoms with Gasteiger partial charge >= 0.3 is 0 Å². The maximum atomic E-state index is 11.8. The van der Waals surface area contributed by atoms with Crippen LogP contribution in [-0.4, -0.2) is 30.4 Å². The first-order valence-electron chi connectivity index (χ1n) is 5.86. The fourth-order valence-electron chi connectivity index (χ4n) is 1.66. The van der Waals surface area contributed by atoms with Crippen LogP contribution < -0.4 is 5.32 Å². The van der Waals surface area contributed by atoms with Gasteiger partial charge in [0.2, 0.25) is 5.91 Å². The highest BCUT2D eigenvalue weighted by Crippen LogP contribution is 2.22. The van der Waals surface area contributed by atoms with Gasteiger partial charge in [0.05, 0.1) is 6.54 Å². The summed E-state index contributed by atoms with van der Waals surface area (Å²) >= 11 is 6.01. The molecular weight excluding hydrogens is 236 g/mol. The first-order valence-corrected chi connectivity index (χ1v) is 6.24. The number of carbonyl (C=O) groups excluding carboxylic acids is 1. The molecule has 3 nitrogen and oxygen atoms in total. The number of benzene rings is 1. The minimum Gasteiger partial charge on any atom is -0.376 e. The molecule has 0 saturated heterocycles. The predicted octanol–water partition coefficient (Wildman–Crippen LogP) is 2.93. The largest absolute Gasteiger partial charge is 0.376 e. The van der Waals surface area contributed by atoms with Gasteiger partial charge < -0.3 is 10.2 Å². The molecule has 0 saturated carbocycles. The van der Waals surface area contributed by atoms with Crippen molar-refractivity contribution in [2.24, 2.45) is 0 Å². The lowest BCUT2D eigenvalue weighted by molar-refractivity contribution is -0.128. The second-order valence-electron chi connectivity index (χ2n) is 3.83.